The molecule has 0 radical (unpaired) electrons. The van der Waals surface area contributed by atoms with E-state index in [1.165, 1.54) is 6.07 Å². The monoisotopic (exact) mass is 549 g/mol. The Morgan fingerprint density at radius 3 is 1.76 bits per heavy atom. The van der Waals surface area contributed by atoms with Gasteiger partial charge in [0.1, 0.15) is 11.4 Å². The first kappa shape index (κ1) is 25.9. The number of carboxylic acids is 1. The van der Waals surface area contributed by atoms with Crippen molar-refractivity contribution in [1.29, 1.82) is 0 Å². The average Bonchev–Trinajstić information content (AvgIpc) is 3.40. The molecule has 6 nitrogen and oxygen atoms in total. The molecule has 3 heterocycles. The Labute approximate surface area is 222 Å². The van der Waals surface area contributed by atoms with Gasteiger partial charge in [0.05, 0.1) is 17.1 Å². The summed E-state index contributed by atoms with van der Waals surface area (Å²) in [6.45, 7) is 0. The zero-order chi connectivity index (χ0) is 25.3. The van der Waals surface area contributed by atoms with Crippen LogP contribution in [0.1, 0.15) is 16.2 Å². The Morgan fingerprint density at radius 2 is 1.22 bits per heavy atom. The van der Waals surface area contributed by atoms with Crippen molar-refractivity contribution in [3.05, 3.63) is 102 Å². The summed E-state index contributed by atoms with van der Waals surface area (Å²) in [5.74, 6) is -1.12. The molecule has 0 fully saturated rings. The van der Waals surface area contributed by atoms with Gasteiger partial charge in [-0.15, -0.1) is 0 Å². The van der Waals surface area contributed by atoms with Gasteiger partial charge in [-0.3, -0.25) is 0 Å². The van der Waals surface area contributed by atoms with Gasteiger partial charge in [0.2, 0.25) is 0 Å². The van der Waals surface area contributed by atoms with Crippen LogP contribution in [0, 0.1) is 0 Å². The largest absolute Gasteiger partial charge is 0.573 e. The molecule has 0 amide bonds. The Bertz CT molecular complexity index is 1580. The predicted molar refractivity (Wildman–Crippen MR) is 127 cm³/mol. The number of alkyl halides is 3. The van der Waals surface area contributed by atoms with Gasteiger partial charge in [-0.2, -0.15) is 13.2 Å². The predicted octanol–water partition coefficient (Wildman–Crippen LogP) is 6.21. The van der Waals surface area contributed by atoms with Crippen LogP contribution in [0.25, 0.3) is 45.0 Å². The molecule has 180 valence electrons. The summed E-state index contributed by atoms with van der Waals surface area (Å²) < 4.78 is 39.0. The van der Waals surface area contributed by atoms with Crippen molar-refractivity contribution in [1.82, 2.24) is 20.2 Å². The standard InChI is InChI=1S/C27H17F3N4O2.Zn/c28-27(29,30)25-15-24(33-34-25)22-13-5-11-20(31-22)18-9-3-1-7-16(18)17-8-2-4-10-19(17)21-12-6-14-23(32-21)26(35)36;/h1-15H,(H2,31,33,34,35,36);/p-1. The number of rotatable bonds is 5. The van der Waals surface area contributed by atoms with Gasteiger partial charge in [-0.05, 0) is 41.5 Å². The van der Waals surface area contributed by atoms with Crippen LogP contribution in [-0.2, 0) is 25.7 Å². The third-order valence-electron chi connectivity index (χ3n) is 5.51. The maximum Gasteiger partial charge on any atom is 0.431 e. The number of hydrogen-bond acceptors (Lipinski definition) is 4. The van der Waals surface area contributed by atoms with Gasteiger partial charge in [0.15, 0.2) is 0 Å². The summed E-state index contributed by atoms with van der Waals surface area (Å²) in [6.07, 6.45) is -4.59. The molecule has 0 unspecified atom stereocenters. The fourth-order valence-electron chi connectivity index (χ4n) is 3.87. The van der Waals surface area contributed by atoms with Crippen LogP contribution in [0.2, 0.25) is 0 Å². The Kier molecular flexibility index (Phi) is 7.31. The Hall–Kier alpha value is -4.17. The molecule has 10 heteroatoms. The minimum Gasteiger partial charge on any atom is -0.573 e. The van der Waals surface area contributed by atoms with E-state index in [4.69, 9.17) is 0 Å². The van der Waals surface area contributed by atoms with Crippen LogP contribution >= 0.6 is 0 Å². The van der Waals surface area contributed by atoms with E-state index < -0.39 is 17.8 Å². The van der Waals surface area contributed by atoms with Crippen molar-refractivity contribution in [2.75, 3.05) is 0 Å². The van der Waals surface area contributed by atoms with Crippen molar-refractivity contribution in [3.63, 3.8) is 0 Å². The van der Waals surface area contributed by atoms with Crippen LogP contribution in [0.4, 0.5) is 13.2 Å². The first-order valence-electron chi connectivity index (χ1n) is 10.8. The molecule has 0 bridgehead atoms. The summed E-state index contributed by atoms with van der Waals surface area (Å²) in [5.41, 5.74) is 3.21. The average molecular weight is 551 g/mol. The molecule has 5 rings (SSSR count). The fraction of sp³-hybridized carbons (Fsp3) is 0.0370. The van der Waals surface area contributed by atoms with Crippen LogP contribution in [-0.4, -0.2) is 26.1 Å². The molecule has 0 aliphatic rings. The van der Waals surface area contributed by atoms with E-state index in [9.17, 15) is 23.1 Å². The quantitative estimate of drug-likeness (QED) is 0.262. The van der Waals surface area contributed by atoms with E-state index in [0.717, 1.165) is 28.3 Å². The number of carbonyl (C=O) groups is 1. The minimum absolute atomic E-state index is 0. The van der Waals surface area contributed by atoms with E-state index in [1.54, 1.807) is 30.3 Å². The van der Waals surface area contributed by atoms with E-state index in [0.29, 0.717) is 11.4 Å². The molecule has 0 saturated carbocycles. The SMILES string of the molecule is O=C(O)c1cccc(-c2ccccc2-c2ccccc2-c2cccc(-c3cc(C(F)(F)F)n[n-]3)n2)n1.[Zn]. The number of aromatic nitrogens is 4. The van der Waals surface area contributed by atoms with Crippen LogP contribution in [0.15, 0.2) is 91.0 Å². The van der Waals surface area contributed by atoms with Gasteiger partial charge in [0.25, 0.3) is 0 Å². The topological polar surface area (TPSA) is 90.1 Å². The second-order valence-electron chi connectivity index (χ2n) is 7.83. The molecule has 2 aromatic carbocycles. The Morgan fingerprint density at radius 1 is 0.703 bits per heavy atom. The number of aromatic carboxylic acids is 1. The van der Waals surface area contributed by atoms with Crippen molar-refractivity contribution >= 4 is 5.97 Å². The van der Waals surface area contributed by atoms with Gasteiger partial charge in [-0.1, -0.05) is 66.4 Å². The zero-order valence-corrected chi connectivity index (χ0v) is 22.1. The van der Waals surface area contributed by atoms with Gasteiger partial charge in [0, 0.05) is 30.6 Å². The van der Waals surface area contributed by atoms with E-state index >= 15 is 0 Å². The molecule has 0 aliphatic carbocycles. The van der Waals surface area contributed by atoms with Gasteiger partial charge in [-0.25, -0.2) is 14.8 Å². The maximum atomic E-state index is 13.0. The molecule has 1 N–H and O–H groups in total. The minimum atomic E-state index is -4.59. The van der Waals surface area contributed by atoms with Crippen molar-refractivity contribution < 1.29 is 42.6 Å². The maximum absolute atomic E-state index is 13.0. The van der Waals surface area contributed by atoms with Crippen molar-refractivity contribution in [2.24, 2.45) is 0 Å². The molecule has 0 spiro atoms. The molecule has 5 aromatic rings. The zero-order valence-electron chi connectivity index (χ0n) is 19.1. The van der Waals surface area contributed by atoms with E-state index in [2.05, 4.69) is 20.2 Å². The number of nitrogens with zero attached hydrogens (tertiary/aromatic N) is 4. The first-order valence-corrected chi connectivity index (χ1v) is 10.8. The van der Waals surface area contributed by atoms with Crippen LogP contribution < -0.4 is 5.10 Å². The van der Waals surface area contributed by atoms with Crippen LogP contribution in [0.3, 0.4) is 0 Å². The molecule has 37 heavy (non-hydrogen) atoms. The summed E-state index contributed by atoms with van der Waals surface area (Å²) in [5, 5.41) is 16.2. The number of carboxylic acid groups (broad SMARTS) is 1. The third kappa shape index (κ3) is 5.34. The second-order valence-corrected chi connectivity index (χ2v) is 7.83. The normalized spacial score (nSPS) is 11.1. The molecule has 3 aromatic heterocycles. The summed E-state index contributed by atoms with van der Waals surface area (Å²) in [6, 6.07) is 25.6. The van der Waals surface area contributed by atoms with E-state index in [1.807, 2.05) is 48.5 Å². The Balaban J connectivity index is 0.00000320. The molecule has 0 saturated heterocycles. The summed E-state index contributed by atoms with van der Waals surface area (Å²) in [4.78, 5) is 20.3. The van der Waals surface area contributed by atoms with Crippen molar-refractivity contribution in [2.45, 2.75) is 6.18 Å². The number of halogens is 3. The van der Waals surface area contributed by atoms with Gasteiger partial charge < -0.3 is 15.3 Å². The number of hydrogen-bond donors (Lipinski definition) is 1. The number of pyridine rings is 2. The molecular weight excluding hydrogens is 535 g/mol. The van der Waals surface area contributed by atoms with Gasteiger partial charge >= 0.3 is 12.1 Å². The molecule has 0 aliphatic heterocycles. The summed E-state index contributed by atoms with van der Waals surface area (Å²) in [7, 11) is 0. The first-order chi connectivity index (χ1) is 17.3. The summed E-state index contributed by atoms with van der Waals surface area (Å²) >= 11 is 0. The molecule has 0 atom stereocenters. The fourth-order valence-corrected chi connectivity index (χ4v) is 3.87. The third-order valence-corrected chi connectivity index (χ3v) is 5.51. The number of benzene rings is 2. The molecular formula is C27H16F3N4O2Zn-. The van der Waals surface area contributed by atoms with E-state index in [-0.39, 0.29) is 36.6 Å². The van der Waals surface area contributed by atoms with Crippen molar-refractivity contribution in [3.8, 4) is 45.0 Å². The smallest absolute Gasteiger partial charge is 0.431 e. The van der Waals surface area contributed by atoms with Crippen LogP contribution in [0.5, 0.6) is 0 Å². The second kappa shape index (κ2) is 10.4.